The average Bonchev–Trinajstić information content (AvgIpc) is 2.45. The van der Waals surface area contributed by atoms with Crippen LogP contribution >= 0.6 is 0 Å². The van der Waals surface area contributed by atoms with Crippen molar-refractivity contribution >= 4 is 11.7 Å². The molecule has 4 bridgehead atoms. The number of hydrogen-bond donors (Lipinski definition) is 2. The molecule has 21 heavy (non-hydrogen) atoms. The lowest BCUT2D eigenvalue weighted by Crippen LogP contribution is -2.59. The highest BCUT2D eigenvalue weighted by Gasteiger charge is 2.51. The summed E-state index contributed by atoms with van der Waals surface area (Å²) in [5, 5.41) is 14.2. The highest BCUT2D eigenvalue weighted by molar-refractivity contribution is 5.92. The SMILES string of the molecule is CNc1ccc(C(=O)NC23CC4CC(CC(C4)C2)C3)nn1. The van der Waals surface area contributed by atoms with Gasteiger partial charge in [-0.1, -0.05) is 0 Å². The van der Waals surface area contributed by atoms with E-state index in [4.69, 9.17) is 0 Å². The van der Waals surface area contributed by atoms with Gasteiger partial charge in [0.2, 0.25) is 0 Å². The van der Waals surface area contributed by atoms with Crippen LogP contribution in [0, 0.1) is 17.8 Å². The Hall–Kier alpha value is -1.65. The Labute approximate surface area is 124 Å². The largest absolute Gasteiger partial charge is 0.372 e. The summed E-state index contributed by atoms with van der Waals surface area (Å²) in [5.74, 6) is 3.10. The van der Waals surface area contributed by atoms with Gasteiger partial charge in [-0.15, -0.1) is 10.2 Å². The second-order valence-corrected chi connectivity index (χ2v) is 7.21. The standard InChI is InChI=1S/C16H22N4O/c1-17-14-3-2-13(19-20-14)15(21)18-16-7-10-4-11(8-16)6-12(5-10)9-16/h2-3,10-12H,4-9H2,1H3,(H,17,20)(H,18,21). The number of aromatic nitrogens is 2. The second-order valence-electron chi connectivity index (χ2n) is 7.21. The van der Waals surface area contributed by atoms with Crippen LogP contribution in [-0.2, 0) is 0 Å². The van der Waals surface area contributed by atoms with Gasteiger partial charge in [-0.2, -0.15) is 0 Å². The normalized spacial score (nSPS) is 36.5. The molecule has 1 aromatic heterocycles. The molecule has 5 heteroatoms. The fraction of sp³-hybridized carbons (Fsp3) is 0.688. The molecule has 0 saturated heterocycles. The lowest BCUT2D eigenvalue weighted by molar-refractivity contribution is -0.0168. The topological polar surface area (TPSA) is 66.9 Å². The number of rotatable bonds is 3. The van der Waals surface area contributed by atoms with Crippen molar-refractivity contribution in [1.29, 1.82) is 0 Å². The Morgan fingerprint density at radius 1 is 1.10 bits per heavy atom. The Morgan fingerprint density at radius 3 is 2.19 bits per heavy atom. The van der Waals surface area contributed by atoms with E-state index in [1.165, 1.54) is 19.3 Å². The smallest absolute Gasteiger partial charge is 0.272 e. The van der Waals surface area contributed by atoms with Crippen LogP contribution in [0.2, 0.25) is 0 Å². The lowest BCUT2D eigenvalue weighted by atomic mass is 9.53. The maximum atomic E-state index is 12.5. The van der Waals surface area contributed by atoms with Gasteiger partial charge < -0.3 is 10.6 Å². The molecule has 0 unspecified atom stereocenters. The van der Waals surface area contributed by atoms with Crippen LogP contribution in [-0.4, -0.2) is 28.7 Å². The van der Waals surface area contributed by atoms with E-state index in [0.29, 0.717) is 11.5 Å². The molecule has 2 N–H and O–H groups in total. The first-order chi connectivity index (χ1) is 10.2. The number of nitrogens with one attached hydrogen (secondary N) is 2. The predicted octanol–water partition coefficient (Wildman–Crippen LogP) is 2.22. The van der Waals surface area contributed by atoms with E-state index >= 15 is 0 Å². The van der Waals surface area contributed by atoms with Crippen LogP contribution in [0.15, 0.2) is 12.1 Å². The number of anilines is 1. The number of hydrogen-bond acceptors (Lipinski definition) is 4. The Morgan fingerprint density at radius 2 is 1.71 bits per heavy atom. The van der Waals surface area contributed by atoms with Crippen molar-refractivity contribution in [2.24, 2.45) is 17.8 Å². The molecule has 4 fully saturated rings. The molecule has 5 rings (SSSR count). The van der Waals surface area contributed by atoms with Crippen LogP contribution in [0.5, 0.6) is 0 Å². The molecule has 4 aliphatic rings. The van der Waals surface area contributed by atoms with Crippen molar-refractivity contribution in [1.82, 2.24) is 15.5 Å². The first-order valence-electron chi connectivity index (χ1n) is 8.00. The molecular weight excluding hydrogens is 264 g/mol. The van der Waals surface area contributed by atoms with Crippen molar-refractivity contribution in [3.63, 3.8) is 0 Å². The maximum absolute atomic E-state index is 12.5. The minimum atomic E-state index is -0.0629. The minimum absolute atomic E-state index is 0.0369. The molecule has 1 heterocycles. The lowest BCUT2D eigenvalue weighted by Gasteiger charge is -2.56. The van der Waals surface area contributed by atoms with Crippen molar-refractivity contribution in [2.45, 2.75) is 44.1 Å². The molecule has 4 aliphatic carbocycles. The van der Waals surface area contributed by atoms with Gasteiger partial charge in [-0.05, 0) is 68.4 Å². The molecule has 1 amide bonds. The number of carbonyl (C=O) groups is 1. The van der Waals surface area contributed by atoms with Crippen LogP contribution in [0.1, 0.15) is 49.0 Å². The second kappa shape index (κ2) is 4.68. The highest BCUT2D eigenvalue weighted by atomic mass is 16.2. The Balaban J connectivity index is 1.51. The zero-order valence-electron chi connectivity index (χ0n) is 12.4. The van der Waals surface area contributed by atoms with Gasteiger partial charge in [-0.3, -0.25) is 4.79 Å². The van der Waals surface area contributed by atoms with Gasteiger partial charge in [0.15, 0.2) is 5.69 Å². The van der Waals surface area contributed by atoms with E-state index in [1.54, 1.807) is 19.2 Å². The monoisotopic (exact) mass is 286 g/mol. The van der Waals surface area contributed by atoms with Gasteiger partial charge in [0.05, 0.1) is 0 Å². The summed E-state index contributed by atoms with van der Waals surface area (Å²) in [6, 6.07) is 3.54. The van der Waals surface area contributed by atoms with Crippen molar-refractivity contribution in [3.8, 4) is 0 Å². The molecule has 0 atom stereocenters. The molecular formula is C16H22N4O. The summed E-state index contributed by atoms with van der Waals surface area (Å²) >= 11 is 0. The molecule has 4 saturated carbocycles. The molecule has 1 aromatic rings. The zero-order valence-corrected chi connectivity index (χ0v) is 12.4. The van der Waals surface area contributed by atoms with E-state index in [9.17, 15) is 4.79 Å². The molecule has 0 aliphatic heterocycles. The quantitative estimate of drug-likeness (QED) is 0.894. The van der Waals surface area contributed by atoms with E-state index in [0.717, 1.165) is 37.0 Å². The Bertz CT molecular complexity index is 519. The highest BCUT2D eigenvalue weighted by Crippen LogP contribution is 2.55. The summed E-state index contributed by atoms with van der Waals surface area (Å²) in [5.41, 5.74) is 0.458. The fourth-order valence-electron chi connectivity index (χ4n) is 5.16. The summed E-state index contributed by atoms with van der Waals surface area (Å²) in [6.45, 7) is 0. The van der Waals surface area contributed by atoms with Crippen LogP contribution in [0.3, 0.4) is 0 Å². The van der Waals surface area contributed by atoms with E-state index in [1.807, 2.05) is 0 Å². The van der Waals surface area contributed by atoms with Gasteiger partial charge >= 0.3 is 0 Å². The summed E-state index contributed by atoms with van der Waals surface area (Å²) in [4.78, 5) is 12.5. The fourth-order valence-corrected chi connectivity index (χ4v) is 5.16. The van der Waals surface area contributed by atoms with Crippen LogP contribution in [0.25, 0.3) is 0 Å². The molecule has 0 aromatic carbocycles. The third-order valence-electron chi connectivity index (χ3n) is 5.57. The summed E-state index contributed by atoms with van der Waals surface area (Å²) in [7, 11) is 1.79. The average molecular weight is 286 g/mol. The van der Waals surface area contributed by atoms with Crippen LogP contribution < -0.4 is 10.6 Å². The number of nitrogens with zero attached hydrogens (tertiary/aromatic N) is 2. The molecule has 0 radical (unpaired) electrons. The van der Waals surface area contributed by atoms with Gasteiger partial charge in [0.1, 0.15) is 5.82 Å². The minimum Gasteiger partial charge on any atom is -0.372 e. The first kappa shape index (κ1) is 13.0. The third-order valence-corrected chi connectivity index (χ3v) is 5.57. The number of amides is 1. The summed E-state index contributed by atoms with van der Waals surface area (Å²) < 4.78 is 0. The van der Waals surface area contributed by atoms with Crippen molar-refractivity contribution < 1.29 is 4.79 Å². The third kappa shape index (κ3) is 2.28. The number of carbonyl (C=O) groups excluding carboxylic acids is 1. The molecule has 5 nitrogen and oxygen atoms in total. The predicted molar refractivity (Wildman–Crippen MR) is 79.9 cm³/mol. The van der Waals surface area contributed by atoms with Gasteiger partial charge in [0, 0.05) is 12.6 Å². The van der Waals surface area contributed by atoms with Gasteiger partial charge in [-0.25, -0.2) is 0 Å². The van der Waals surface area contributed by atoms with E-state index in [2.05, 4.69) is 20.8 Å². The Kier molecular flexibility index (Phi) is 2.91. The zero-order chi connectivity index (χ0) is 14.4. The summed E-state index contributed by atoms with van der Waals surface area (Å²) in [6.07, 6.45) is 7.62. The molecule has 0 spiro atoms. The first-order valence-corrected chi connectivity index (χ1v) is 8.00. The van der Waals surface area contributed by atoms with Crippen LogP contribution in [0.4, 0.5) is 5.82 Å². The van der Waals surface area contributed by atoms with E-state index in [-0.39, 0.29) is 11.4 Å². The van der Waals surface area contributed by atoms with Crippen molar-refractivity contribution in [3.05, 3.63) is 17.8 Å². The molecule has 112 valence electrons. The van der Waals surface area contributed by atoms with Gasteiger partial charge in [0.25, 0.3) is 5.91 Å². The van der Waals surface area contributed by atoms with E-state index < -0.39 is 0 Å². The maximum Gasteiger partial charge on any atom is 0.272 e. The van der Waals surface area contributed by atoms with Crippen molar-refractivity contribution in [2.75, 3.05) is 12.4 Å².